The van der Waals surface area contributed by atoms with E-state index in [-0.39, 0.29) is 6.10 Å². The molecule has 3 nitrogen and oxygen atoms in total. The van der Waals surface area contributed by atoms with Gasteiger partial charge in [-0.3, -0.25) is 0 Å². The van der Waals surface area contributed by atoms with Crippen LogP contribution in [0.2, 0.25) is 5.02 Å². The van der Waals surface area contributed by atoms with E-state index in [0.717, 1.165) is 47.7 Å². The largest absolute Gasteiger partial charge is 0.378 e. The van der Waals surface area contributed by atoms with Crippen molar-refractivity contribution in [1.29, 1.82) is 0 Å². The van der Waals surface area contributed by atoms with Gasteiger partial charge in [0.25, 0.3) is 0 Å². The van der Waals surface area contributed by atoms with Crippen LogP contribution in [0.25, 0.3) is 11.0 Å². The van der Waals surface area contributed by atoms with Crippen molar-refractivity contribution in [2.24, 2.45) is 0 Å². The Morgan fingerprint density at radius 2 is 2.30 bits per heavy atom. The van der Waals surface area contributed by atoms with Gasteiger partial charge in [-0.15, -0.1) is 11.6 Å². The first-order valence-electron chi connectivity index (χ1n) is 7.03. The van der Waals surface area contributed by atoms with Gasteiger partial charge in [-0.1, -0.05) is 17.7 Å². The van der Waals surface area contributed by atoms with Crippen LogP contribution < -0.4 is 0 Å². The molecule has 0 spiro atoms. The van der Waals surface area contributed by atoms with Crippen molar-refractivity contribution >= 4 is 34.2 Å². The van der Waals surface area contributed by atoms with Crippen LogP contribution in [0, 0.1) is 0 Å². The number of hydrogen-bond donors (Lipinski definition) is 0. The zero-order valence-electron chi connectivity index (χ0n) is 11.5. The van der Waals surface area contributed by atoms with E-state index in [0.29, 0.717) is 11.9 Å². The molecule has 20 heavy (non-hydrogen) atoms. The number of imidazole rings is 1. The van der Waals surface area contributed by atoms with Gasteiger partial charge in [-0.05, 0) is 31.9 Å². The van der Waals surface area contributed by atoms with E-state index in [9.17, 15) is 0 Å². The number of rotatable bonds is 3. The van der Waals surface area contributed by atoms with Crippen LogP contribution in [-0.4, -0.2) is 28.1 Å². The van der Waals surface area contributed by atoms with Gasteiger partial charge in [0.2, 0.25) is 0 Å². The maximum atomic E-state index is 6.41. The second kappa shape index (κ2) is 5.92. The van der Waals surface area contributed by atoms with Crippen LogP contribution in [-0.2, 0) is 11.2 Å². The van der Waals surface area contributed by atoms with Gasteiger partial charge in [0.1, 0.15) is 5.82 Å². The highest BCUT2D eigenvalue weighted by Crippen LogP contribution is 2.33. The number of para-hydroxylation sites is 1. The molecular weight excluding hydrogens is 295 g/mol. The summed E-state index contributed by atoms with van der Waals surface area (Å²) >= 11 is 12.3. The second-order valence-corrected chi connectivity index (χ2v) is 6.09. The number of aryl methyl sites for hydroxylation is 1. The molecule has 2 aromatic rings. The molecule has 1 fully saturated rings. The Morgan fingerprint density at radius 1 is 1.45 bits per heavy atom. The van der Waals surface area contributed by atoms with Crippen LogP contribution >= 0.6 is 23.2 Å². The van der Waals surface area contributed by atoms with Gasteiger partial charge in [0.05, 0.1) is 22.2 Å². The van der Waals surface area contributed by atoms with Gasteiger partial charge in [-0.2, -0.15) is 0 Å². The van der Waals surface area contributed by atoms with Crippen LogP contribution in [0.3, 0.4) is 0 Å². The maximum absolute atomic E-state index is 6.41. The predicted octanol–water partition coefficient (Wildman–Crippen LogP) is 4.21. The average Bonchev–Trinajstić information content (AvgIpc) is 2.79. The zero-order valence-corrected chi connectivity index (χ0v) is 13.0. The molecule has 2 atom stereocenters. The maximum Gasteiger partial charge on any atom is 0.111 e. The summed E-state index contributed by atoms with van der Waals surface area (Å²) in [6.45, 7) is 2.91. The van der Waals surface area contributed by atoms with E-state index in [1.807, 2.05) is 18.2 Å². The minimum Gasteiger partial charge on any atom is -0.378 e. The SMILES string of the molecule is CC1CC(n2c(CCCl)nc3cccc(Cl)c32)CCO1. The van der Waals surface area contributed by atoms with E-state index < -0.39 is 0 Å². The monoisotopic (exact) mass is 312 g/mol. The molecule has 1 aliphatic heterocycles. The third-order valence-electron chi connectivity index (χ3n) is 3.87. The normalized spacial score (nSPS) is 23.4. The fraction of sp³-hybridized carbons (Fsp3) is 0.533. The Labute approximate surface area is 128 Å². The van der Waals surface area contributed by atoms with Crippen LogP contribution in [0.5, 0.6) is 0 Å². The lowest BCUT2D eigenvalue weighted by Gasteiger charge is -2.30. The summed E-state index contributed by atoms with van der Waals surface area (Å²) in [5.74, 6) is 1.60. The molecular formula is C15H18Cl2N2O. The highest BCUT2D eigenvalue weighted by molar-refractivity contribution is 6.35. The number of benzene rings is 1. The first-order valence-corrected chi connectivity index (χ1v) is 7.95. The highest BCUT2D eigenvalue weighted by Gasteiger charge is 2.25. The van der Waals surface area contributed by atoms with Crippen LogP contribution in [0.15, 0.2) is 18.2 Å². The molecule has 5 heteroatoms. The van der Waals surface area contributed by atoms with Gasteiger partial charge in [0, 0.05) is 24.9 Å². The number of fused-ring (bicyclic) bond motifs is 1. The molecule has 1 saturated heterocycles. The highest BCUT2D eigenvalue weighted by atomic mass is 35.5. The van der Waals surface area contributed by atoms with Crippen LogP contribution in [0.4, 0.5) is 0 Å². The first kappa shape index (κ1) is 14.2. The van der Waals surface area contributed by atoms with Gasteiger partial charge in [0.15, 0.2) is 0 Å². The molecule has 0 bridgehead atoms. The molecule has 0 N–H and O–H groups in total. The average molecular weight is 313 g/mol. The molecule has 0 radical (unpaired) electrons. The van der Waals surface area contributed by atoms with E-state index in [1.54, 1.807) is 0 Å². The molecule has 3 rings (SSSR count). The molecule has 0 saturated carbocycles. The van der Waals surface area contributed by atoms with Crippen molar-refractivity contribution in [2.75, 3.05) is 12.5 Å². The molecule has 2 unspecified atom stereocenters. The summed E-state index contributed by atoms with van der Waals surface area (Å²) in [5.41, 5.74) is 1.99. The van der Waals surface area contributed by atoms with E-state index in [1.165, 1.54) is 0 Å². The topological polar surface area (TPSA) is 27.1 Å². The smallest absolute Gasteiger partial charge is 0.111 e. The first-order chi connectivity index (χ1) is 9.70. The number of aromatic nitrogens is 2. The second-order valence-electron chi connectivity index (χ2n) is 5.30. The van der Waals surface area contributed by atoms with E-state index >= 15 is 0 Å². The Bertz CT molecular complexity index is 611. The van der Waals surface area contributed by atoms with E-state index in [4.69, 9.17) is 32.9 Å². The van der Waals surface area contributed by atoms with Gasteiger partial charge >= 0.3 is 0 Å². The molecule has 0 aliphatic carbocycles. The number of hydrogen-bond acceptors (Lipinski definition) is 2. The Hall–Kier alpha value is -0.770. The molecule has 1 aromatic heterocycles. The van der Waals surface area contributed by atoms with Crippen molar-refractivity contribution in [3.05, 3.63) is 29.0 Å². The number of alkyl halides is 1. The van der Waals surface area contributed by atoms with Crippen molar-refractivity contribution in [3.63, 3.8) is 0 Å². The minimum absolute atomic E-state index is 0.275. The minimum atomic E-state index is 0.275. The summed E-state index contributed by atoms with van der Waals surface area (Å²) in [6.07, 6.45) is 3.03. The van der Waals surface area contributed by atoms with Gasteiger partial charge in [-0.25, -0.2) is 4.98 Å². The lowest BCUT2D eigenvalue weighted by molar-refractivity contribution is 0.00626. The lowest BCUT2D eigenvalue weighted by atomic mass is 10.0. The molecule has 1 aliphatic rings. The van der Waals surface area contributed by atoms with Crippen molar-refractivity contribution < 1.29 is 4.74 Å². The summed E-state index contributed by atoms with van der Waals surface area (Å²) in [6, 6.07) is 6.27. The number of ether oxygens (including phenoxy) is 1. The quantitative estimate of drug-likeness (QED) is 0.794. The fourth-order valence-electron chi connectivity index (χ4n) is 3.02. The molecule has 108 valence electrons. The number of nitrogens with zero attached hydrogens (tertiary/aromatic N) is 2. The molecule has 2 heterocycles. The third kappa shape index (κ3) is 2.54. The Kier molecular flexibility index (Phi) is 4.20. The van der Waals surface area contributed by atoms with E-state index in [2.05, 4.69) is 11.5 Å². The Morgan fingerprint density at radius 3 is 3.05 bits per heavy atom. The number of halogens is 2. The third-order valence-corrected chi connectivity index (χ3v) is 4.37. The van der Waals surface area contributed by atoms with Crippen molar-refractivity contribution in [2.45, 2.75) is 38.3 Å². The molecule has 0 amide bonds. The summed E-state index contributed by atoms with van der Waals surface area (Å²) < 4.78 is 7.95. The van der Waals surface area contributed by atoms with Crippen LogP contribution in [0.1, 0.15) is 31.6 Å². The summed E-state index contributed by atoms with van der Waals surface area (Å²) in [4.78, 5) is 4.72. The van der Waals surface area contributed by atoms with Crippen molar-refractivity contribution in [1.82, 2.24) is 9.55 Å². The molecule has 1 aromatic carbocycles. The van der Waals surface area contributed by atoms with Gasteiger partial charge < -0.3 is 9.30 Å². The zero-order chi connectivity index (χ0) is 14.1. The summed E-state index contributed by atoms with van der Waals surface area (Å²) in [7, 11) is 0. The Balaban J connectivity index is 2.12. The fourth-order valence-corrected chi connectivity index (χ4v) is 3.45. The summed E-state index contributed by atoms with van der Waals surface area (Å²) in [5, 5.41) is 0.759. The predicted molar refractivity (Wildman–Crippen MR) is 82.9 cm³/mol. The standard InChI is InChI=1S/C15H18Cl2N2O/c1-10-9-11(6-8-20-10)19-14(5-7-16)18-13-4-2-3-12(17)15(13)19/h2-4,10-11H,5-9H2,1H3. The lowest BCUT2D eigenvalue weighted by Crippen LogP contribution is -2.26. The van der Waals surface area contributed by atoms with Crippen molar-refractivity contribution in [3.8, 4) is 0 Å².